The highest BCUT2D eigenvalue weighted by atomic mass is 16.5. The molecule has 1 N–H and O–H groups in total. The van der Waals surface area contributed by atoms with Crippen molar-refractivity contribution < 1.29 is 14.3 Å². The van der Waals surface area contributed by atoms with Crippen LogP contribution in [0.1, 0.15) is 66.4 Å². The number of hydrogen-bond donors (Lipinski definition) is 1. The van der Waals surface area contributed by atoms with Gasteiger partial charge in [-0.25, -0.2) is 4.79 Å². The molecule has 0 aliphatic heterocycles. The quantitative estimate of drug-likeness (QED) is 0.640. The Morgan fingerprint density at radius 1 is 0.968 bits per heavy atom. The molecule has 4 aliphatic rings. The van der Waals surface area contributed by atoms with Crippen molar-refractivity contribution in [2.24, 2.45) is 17.3 Å². The van der Waals surface area contributed by atoms with Crippen molar-refractivity contribution in [3.05, 3.63) is 65.2 Å². The van der Waals surface area contributed by atoms with Gasteiger partial charge in [0, 0.05) is 12.1 Å². The van der Waals surface area contributed by atoms with E-state index in [4.69, 9.17) is 4.74 Å². The van der Waals surface area contributed by atoms with Gasteiger partial charge in [-0.1, -0.05) is 29.8 Å². The van der Waals surface area contributed by atoms with Crippen molar-refractivity contribution in [1.82, 2.24) is 0 Å². The van der Waals surface area contributed by atoms with Gasteiger partial charge in [-0.15, -0.1) is 0 Å². The molecule has 0 spiro atoms. The van der Waals surface area contributed by atoms with Crippen LogP contribution in [0.2, 0.25) is 0 Å². The van der Waals surface area contributed by atoms with Crippen LogP contribution < -0.4 is 5.32 Å². The Labute approximate surface area is 184 Å². The summed E-state index contributed by atoms with van der Waals surface area (Å²) in [4.78, 5) is 24.7. The van der Waals surface area contributed by atoms with E-state index in [1.165, 1.54) is 50.3 Å². The first kappa shape index (κ1) is 20.3. The molecule has 0 aromatic heterocycles. The normalized spacial score (nSPS) is 30.8. The van der Waals surface area contributed by atoms with E-state index in [1.807, 2.05) is 0 Å². The minimum Gasteiger partial charge on any atom is -0.465 e. The largest absolute Gasteiger partial charge is 0.465 e. The molecule has 4 bridgehead atoms. The number of aryl methyl sites for hydroxylation is 1. The summed E-state index contributed by atoms with van der Waals surface area (Å²) in [6, 6.07) is 16.1. The van der Waals surface area contributed by atoms with E-state index in [9.17, 15) is 9.59 Å². The van der Waals surface area contributed by atoms with Crippen LogP contribution in [0.3, 0.4) is 0 Å². The van der Waals surface area contributed by atoms with Gasteiger partial charge in [0.15, 0.2) is 0 Å². The highest BCUT2D eigenvalue weighted by Crippen LogP contribution is 2.66. The molecule has 31 heavy (non-hydrogen) atoms. The topological polar surface area (TPSA) is 55.4 Å². The van der Waals surface area contributed by atoms with E-state index in [1.54, 1.807) is 24.3 Å². The van der Waals surface area contributed by atoms with E-state index < -0.39 is 0 Å². The summed E-state index contributed by atoms with van der Waals surface area (Å²) < 4.78 is 4.74. The predicted molar refractivity (Wildman–Crippen MR) is 121 cm³/mol. The van der Waals surface area contributed by atoms with Gasteiger partial charge in [0.25, 0.3) is 0 Å². The zero-order valence-electron chi connectivity index (χ0n) is 18.4. The second-order valence-electron chi connectivity index (χ2n) is 10.4. The molecular weight excluding hydrogens is 386 g/mol. The van der Waals surface area contributed by atoms with E-state index in [0.717, 1.165) is 23.9 Å². The molecule has 6 rings (SSSR count). The number of nitrogens with one attached hydrogen (secondary N) is 1. The lowest BCUT2D eigenvalue weighted by Gasteiger charge is -2.62. The number of methoxy groups -OCH3 is 1. The highest BCUT2D eigenvalue weighted by Gasteiger charge is 2.58. The molecular formula is C27H31NO3. The van der Waals surface area contributed by atoms with Crippen molar-refractivity contribution in [3.63, 3.8) is 0 Å². The number of amides is 1. The van der Waals surface area contributed by atoms with Crippen LogP contribution in [-0.2, 0) is 14.9 Å². The van der Waals surface area contributed by atoms with Gasteiger partial charge in [-0.05, 0) is 97.9 Å². The van der Waals surface area contributed by atoms with E-state index in [2.05, 4.69) is 36.5 Å². The number of ether oxygens (including phenoxy) is 1. The summed E-state index contributed by atoms with van der Waals surface area (Å²) in [7, 11) is 1.37. The molecule has 2 atom stereocenters. The van der Waals surface area contributed by atoms with Gasteiger partial charge in [0.2, 0.25) is 5.91 Å². The van der Waals surface area contributed by atoms with Crippen molar-refractivity contribution in [3.8, 4) is 0 Å². The Balaban J connectivity index is 1.32. The number of anilines is 1. The summed E-state index contributed by atoms with van der Waals surface area (Å²) in [5.74, 6) is 1.21. The Kier molecular flexibility index (Phi) is 4.91. The molecule has 4 nitrogen and oxygen atoms in total. The minimum atomic E-state index is -0.368. The Morgan fingerprint density at radius 3 is 2.23 bits per heavy atom. The SMILES string of the molecule is COC(=O)c1ccc(NC(=O)CC23C[C@@H]4C[C@@H](C2)CC(c2ccc(C)cc2)(C4)C3)cc1. The molecule has 4 saturated carbocycles. The second kappa shape index (κ2) is 7.51. The van der Waals surface area contributed by atoms with Crippen LogP contribution in [0.15, 0.2) is 48.5 Å². The van der Waals surface area contributed by atoms with Crippen molar-refractivity contribution in [2.45, 2.75) is 57.3 Å². The summed E-state index contributed by atoms with van der Waals surface area (Å²) >= 11 is 0. The number of carbonyl (C=O) groups excluding carboxylic acids is 2. The number of benzene rings is 2. The van der Waals surface area contributed by atoms with Crippen LogP contribution in [-0.4, -0.2) is 19.0 Å². The van der Waals surface area contributed by atoms with Gasteiger partial charge >= 0.3 is 5.97 Å². The van der Waals surface area contributed by atoms with Gasteiger partial charge in [-0.3, -0.25) is 4.79 Å². The van der Waals surface area contributed by atoms with Crippen LogP contribution >= 0.6 is 0 Å². The lowest BCUT2D eigenvalue weighted by Crippen LogP contribution is -2.54. The standard InChI is InChI=1S/C27H31NO3/c1-18-3-7-22(8-4-18)27-14-19-11-20(15-27)13-26(12-19,17-27)16-24(29)28-23-9-5-21(6-10-23)25(30)31-2/h3-10,19-20H,11-17H2,1-2H3,(H,28,29)/t19-,20-,26?,27?/m0/s1. The fourth-order valence-corrected chi connectivity index (χ4v) is 7.26. The van der Waals surface area contributed by atoms with Crippen molar-refractivity contribution >= 4 is 17.6 Å². The monoisotopic (exact) mass is 417 g/mol. The van der Waals surface area contributed by atoms with Crippen molar-refractivity contribution in [2.75, 3.05) is 12.4 Å². The first-order chi connectivity index (χ1) is 14.9. The number of esters is 1. The molecule has 4 heteroatoms. The van der Waals surface area contributed by atoms with Gasteiger partial charge in [-0.2, -0.15) is 0 Å². The maximum atomic E-state index is 13.1. The maximum Gasteiger partial charge on any atom is 0.337 e. The molecule has 162 valence electrons. The maximum absolute atomic E-state index is 13.1. The third kappa shape index (κ3) is 3.77. The highest BCUT2D eigenvalue weighted by molar-refractivity contribution is 5.93. The predicted octanol–water partition coefficient (Wildman–Crippen LogP) is 5.65. The van der Waals surface area contributed by atoms with Crippen LogP contribution in [0.5, 0.6) is 0 Å². The van der Waals surface area contributed by atoms with Crippen LogP contribution in [0, 0.1) is 24.2 Å². The summed E-state index contributed by atoms with van der Waals surface area (Å²) in [6.07, 6.45) is 8.00. The van der Waals surface area contributed by atoms with Crippen LogP contribution in [0.4, 0.5) is 5.69 Å². The third-order valence-corrected chi connectivity index (χ3v) is 7.97. The fourth-order valence-electron chi connectivity index (χ4n) is 7.26. The Morgan fingerprint density at radius 2 is 1.61 bits per heavy atom. The molecule has 1 amide bonds. The molecule has 2 aromatic rings. The third-order valence-electron chi connectivity index (χ3n) is 7.97. The molecule has 4 fully saturated rings. The van der Waals surface area contributed by atoms with Crippen LogP contribution in [0.25, 0.3) is 0 Å². The average Bonchev–Trinajstić information content (AvgIpc) is 2.72. The average molecular weight is 418 g/mol. The number of carbonyl (C=O) groups is 2. The Hall–Kier alpha value is -2.62. The summed E-state index contributed by atoms with van der Waals surface area (Å²) in [5, 5.41) is 3.07. The minimum absolute atomic E-state index is 0.0897. The number of hydrogen-bond acceptors (Lipinski definition) is 3. The lowest BCUT2D eigenvalue weighted by molar-refractivity contribution is -0.126. The van der Waals surface area contributed by atoms with Crippen molar-refractivity contribution in [1.29, 1.82) is 0 Å². The van der Waals surface area contributed by atoms with E-state index in [0.29, 0.717) is 12.0 Å². The smallest absolute Gasteiger partial charge is 0.337 e. The lowest BCUT2D eigenvalue weighted by atomic mass is 9.42. The second-order valence-corrected chi connectivity index (χ2v) is 10.4. The number of rotatable bonds is 5. The molecule has 0 radical (unpaired) electrons. The van der Waals surface area contributed by atoms with Gasteiger partial charge in [0.05, 0.1) is 12.7 Å². The Bertz CT molecular complexity index is 978. The van der Waals surface area contributed by atoms with E-state index >= 15 is 0 Å². The summed E-state index contributed by atoms with van der Waals surface area (Å²) in [5.41, 5.74) is 4.37. The van der Waals surface area contributed by atoms with E-state index in [-0.39, 0.29) is 22.7 Å². The first-order valence-electron chi connectivity index (χ1n) is 11.4. The molecule has 2 aromatic carbocycles. The first-order valence-corrected chi connectivity index (χ1v) is 11.4. The van der Waals surface area contributed by atoms with Gasteiger partial charge in [0.1, 0.15) is 0 Å². The molecule has 0 saturated heterocycles. The zero-order valence-corrected chi connectivity index (χ0v) is 18.4. The molecule has 0 heterocycles. The summed E-state index contributed by atoms with van der Waals surface area (Å²) in [6.45, 7) is 2.15. The van der Waals surface area contributed by atoms with Gasteiger partial charge < -0.3 is 10.1 Å². The zero-order chi connectivity index (χ0) is 21.6. The molecule has 0 unspecified atom stereocenters. The fraction of sp³-hybridized carbons (Fsp3) is 0.481. The molecule has 4 aliphatic carbocycles.